The van der Waals surface area contributed by atoms with Gasteiger partial charge in [0.2, 0.25) is 0 Å². The largest absolute Gasteiger partial charge is 0.394 e. The van der Waals surface area contributed by atoms with Gasteiger partial charge < -0.3 is 14.9 Å². The van der Waals surface area contributed by atoms with Crippen molar-refractivity contribution in [3.05, 3.63) is 34.1 Å². The summed E-state index contributed by atoms with van der Waals surface area (Å²) >= 11 is 5.96. The summed E-state index contributed by atoms with van der Waals surface area (Å²) in [5, 5.41) is 18.9. The fraction of sp³-hybridized carbons (Fsp3) is 0.500. The van der Waals surface area contributed by atoms with Crippen LogP contribution in [0.15, 0.2) is 12.1 Å². The van der Waals surface area contributed by atoms with Crippen molar-refractivity contribution in [1.82, 2.24) is 0 Å². The highest BCUT2D eigenvalue weighted by Gasteiger charge is 2.35. The molecule has 94 valence electrons. The van der Waals surface area contributed by atoms with Crippen LogP contribution >= 0.6 is 11.6 Å². The SMILES string of the molecule is Cc1cc([C@H]2CC(O)[C@@H](CO)O2)c(Cl)cc1F. The minimum atomic E-state index is -0.716. The molecule has 0 spiro atoms. The molecule has 17 heavy (non-hydrogen) atoms. The number of aryl methyl sites for hydroxylation is 1. The topological polar surface area (TPSA) is 49.7 Å². The van der Waals surface area contributed by atoms with Crippen molar-refractivity contribution in [3.8, 4) is 0 Å². The molecule has 0 amide bonds. The van der Waals surface area contributed by atoms with E-state index < -0.39 is 18.3 Å². The maximum atomic E-state index is 13.3. The van der Waals surface area contributed by atoms with Crippen LogP contribution in [0, 0.1) is 12.7 Å². The van der Waals surface area contributed by atoms with Gasteiger partial charge in [-0.1, -0.05) is 11.6 Å². The Balaban J connectivity index is 2.27. The molecule has 1 aliphatic rings. The van der Waals surface area contributed by atoms with Crippen LogP contribution in [0.5, 0.6) is 0 Å². The van der Waals surface area contributed by atoms with E-state index in [2.05, 4.69) is 0 Å². The fourth-order valence-electron chi connectivity index (χ4n) is 2.02. The summed E-state index contributed by atoms with van der Waals surface area (Å²) in [5.41, 5.74) is 1.13. The number of hydrogen-bond donors (Lipinski definition) is 2. The molecule has 0 bridgehead atoms. The average Bonchev–Trinajstić information content (AvgIpc) is 2.65. The second-order valence-corrected chi connectivity index (χ2v) is 4.68. The Morgan fingerprint density at radius 1 is 1.53 bits per heavy atom. The van der Waals surface area contributed by atoms with Crippen molar-refractivity contribution < 1.29 is 19.3 Å². The van der Waals surface area contributed by atoms with Crippen molar-refractivity contribution in [1.29, 1.82) is 0 Å². The third kappa shape index (κ3) is 2.45. The molecule has 1 aliphatic heterocycles. The highest BCUT2D eigenvalue weighted by molar-refractivity contribution is 6.31. The van der Waals surface area contributed by atoms with Gasteiger partial charge in [0, 0.05) is 11.4 Å². The van der Waals surface area contributed by atoms with Crippen LogP contribution in [0.2, 0.25) is 5.02 Å². The lowest BCUT2D eigenvalue weighted by atomic mass is 10.0. The van der Waals surface area contributed by atoms with Gasteiger partial charge in [0.15, 0.2) is 0 Å². The first-order chi connectivity index (χ1) is 8.02. The Bertz CT molecular complexity index is 424. The molecule has 1 saturated heterocycles. The van der Waals surface area contributed by atoms with Crippen molar-refractivity contribution in [2.45, 2.75) is 31.7 Å². The van der Waals surface area contributed by atoms with Gasteiger partial charge in [0.05, 0.1) is 18.8 Å². The Morgan fingerprint density at radius 2 is 2.24 bits per heavy atom. The van der Waals surface area contributed by atoms with Crippen LogP contribution in [-0.2, 0) is 4.74 Å². The summed E-state index contributed by atoms with van der Waals surface area (Å²) in [4.78, 5) is 0. The van der Waals surface area contributed by atoms with E-state index >= 15 is 0 Å². The van der Waals surface area contributed by atoms with E-state index in [0.717, 1.165) is 0 Å². The third-order valence-electron chi connectivity index (χ3n) is 3.03. The van der Waals surface area contributed by atoms with Crippen LogP contribution in [-0.4, -0.2) is 29.0 Å². The summed E-state index contributed by atoms with van der Waals surface area (Å²) in [5.74, 6) is -0.365. The highest BCUT2D eigenvalue weighted by Crippen LogP contribution is 2.37. The molecular weight excluding hydrogens is 247 g/mol. The molecule has 0 aromatic heterocycles. The van der Waals surface area contributed by atoms with Gasteiger partial charge in [-0.15, -0.1) is 0 Å². The van der Waals surface area contributed by atoms with Crippen LogP contribution in [0.25, 0.3) is 0 Å². The molecule has 5 heteroatoms. The first kappa shape index (κ1) is 12.8. The molecular formula is C12H14ClFO3. The zero-order valence-corrected chi connectivity index (χ0v) is 10.1. The van der Waals surface area contributed by atoms with E-state index in [4.69, 9.17) is 21.4 Å². The molecule has 1 heterocycles. The molecule has 0 aliphatic carbocycles. The number of aliphatic hydroxyl groups is 2. The van der Waals surface area contributed by atoms with Crippen molar-refractivity contribution >= 4 is 11.6 Å². The predicted octanol–water partition coefficient (Wildman–Crippen LogP) is 1.97. The molecule has 1 aromatic carbocycles. The van der Waals surface area contributed by atoms with Crippen LogP contribution in [0.4, 0.5) is 4.39 Å². The summed E-state index contributed by atoms with van der Waals surface area (Å²) in [6, 6.07) is 2.86. The van der Waals surface area contributed by atoms with Gasteiger partial charge >= 0.3 is 0 Å². The van der Waals surface area contributed by atoms with Gasteiger partial charge in [-0.05, 0) is 30.2 Å². The van der Waals surface area contributed by atoms with E-state index in [0.29, 0.717) is 17.5 Å². The maximum absolute atomic E-state index is 13.3. The molecule has 1 aromatic rings. The highest BCUT2D eigenvalue weighted by atomic mass is 35.5. The summed E-state index contributed by atoms with van der Waals surface area (Å²) in [6.45, 7) is 1.40. The first-order valence-electron chi connectivity index (χ1n) is 5.43. The molecule has 0 radical (unpaired) electrons. The monoisotopic (exact) mass is 260 g/mol. The minimum Gasteiger partial charge on any atom is -0.394 e. The van der Waals surface area contributed by atoms with Gasteiger partial charge in [-0.2, -0.15) is 0 Å². The normalized spacial score (nSPS) is 28.6. The average molecular weight is 261 g/mol. The van der Waals surface area contributed by atoms with Crippen LogP contribution < -0.4 is 0 Å². The second-order valence-electron chi connectivity index (χ2n) is 4.27. The lowest BCUT2D eigenvalue weighted by Gasteiger charge is -2.14. The fourth-order valence-corrected chi connectivity index (χ4v) is 2.29. The molecule has 1 unspecified atom stereocenters. The van der Waals surface area contributed by atoms with Crippen molar-refractivity contribution in [3.63, 3.8) is 0 Å². The van der Waals surface area contributed by atoms with Gasteiger partial charge in [-0.3, -0.25) is 0 Å². The summed E-state index contributed by atoms with van der Waals surface area (Å²) in [6.07, 6.45) is -1.35. The van der Waals surface area contributed by atoms with E-state index in [9.17, 15) is 9.50 Å². The second kappa shape index (κ2) is 4.90. The van der Waals surface area contributed by atoms with E-state index in [1.54, 1.807) is 13.0 Å². The number of ether oxygens (including phenoxy) is 1. The summed E-state index contributed by atoms with van der Waals surface area (Å²) < 4.78 is 18.7. The lowest BCUT2D eigenvalue weighted by molar-refractivity contribution is -0.0225. The zero-order valence-electron chi connectivity index (χ0n) is 9.36. The molecule has 1 fully saturated rings. The van der Waals surface area contributed by atoms with Crippen LogP contribution in [0.1, 0.15) is 23.7 Å². The van der Waals surface area contributed by atoms with Gasteiger partial charge in [-0.25, -0.2) is 4.39 Å². The number of aliphatic hydroxyl groups excluding tert-OH is 2. The van der Waals surface area contributed by atoms with E-state index in [-0.39, 0.29) is 17.4 Å². The number of rotatable bonds is 2. The smallest absolute Gasteiger partial charge is 0.127 e. The Kier molecular flexibility index (Phi) is 3.68. The quantitative estimate of drug-likeness (QED) is 0.855. The molecule has 2 rings (SSSR count). The molecule has 2 N–H and O–H groups in total. The Labute approximate surface area is 104 Å². The number of benzene rings is 1. The van der Waals surface area contributed by atoms with Gasteiger partial charge in [0.1, 0.15) is 11.9 Å². The van der Waals surface area contributed by atoms with Crippen LogP contribution in [0.3, 0.4) is 0 Å². The Hall–Kier alpha value is -0.680. The molecule has 3 nitrogen and oxygen atoms in total. The predicted molar refractivity (Wildman–Crippen MR) is 61.5 cm³/mol. The van der Waals surface area contributed by atoms with Crippen molar-refractivity contribution in [2.75, 3.05) is 6.61 Å². The lowest BCUT2D eigenvalue weighted by Crippen LogP contribution is -2.24. The van der Waals surface area contributed by atoms with E-state index in [1.165, 1.54) is 6.07 Å². The Morgan fingerprint density at radius 3 is 2.82 bits per heavy atom. The molecule has 3 atom stereocenters. The van der Waals surface area contributed by atoms with E-state index in [1.807, 2.05) is 0 Å². The zero-order chi connectivity index (χ0) is 12.6. The van der Waals surface area contributed by atoms with Crippen molar-refractivity contribution in [2.24, 2.45) is 0 Å². The maximum Gasteiger partial charge on any atom is 0.127 e. The minimum absolute atomic E-state index is 0.241. The number of hydrogen-bond acceptors (Lipinski definition) is 3. The summed E-state index contributed by atoms with van der Waals surface area (Å²) in [7, 11) is 0. The third-order valence-corrected chi connectivity index (χ3v) is 3.36. The molecule has 0 saturated carbocycles. The standard InChI is InChI=1S/C12H14ClFO3/c1-6-2-7(8(13)3-9(6)14)11-4-10(16)12(5-15)17-11/h2-3,10-12,15-16H,4-5H2,1H3/t10?,11-,12-/m1/s1. The van der Waals surface area contributed by atoms with Gasteiger partial charge in [0.25, 0.3) is 0 Å². The first-order valence-corrected chi connectivity index (χ1v) is 5.80. The number of halogens is 2.